The Kier molecular flexibility index (Phi) is 7.50. The van der Waals surface area contributed by atoms with E-state index in [-0.39, 0.29) is 12.5 Å². The van der Waals surface area contributed by atoms with Crippen molar-refractivity contribution in [3.05, 3.63) is 23.8 Å². The summed E-state index contributed by atoms with van der Waals surface area (Å²) in [5.74, 6) is 1.05. The number of ether oxygens (including phenoxy) is 2. The summed E-state index contributed by atoms with van der Waals surface area (Å²) in [4.78, 5) is 11.9. The van der Waals surface area contributed by atoms with Crippen LogP contribution in [0.25, 0.3) is 0 Å². The monoisotopic (exact) mass is 281 g/mol. The molecule has 0 saturated carbocycles. The minimum absolute atomic E-state index is 0.0638. The van der Waals surface area contributed by atoms with Gasteiger partial charge in [0.15, 0.2) is 11.5 Å². The number of amides is 1. The number of rotatable bonds is 9. The zero-order valence-corrected chi connectivity index (χ0v) is 12.1. The van der Waals surface area contributed by atoms with Crippen LogP contribution in [0, 0.1) is 0 Å². The first kappa shape index (κ1) is 16.3. The number of nitrogens with one attached hydrogen (secondary N) is 1. The van der Waals surface area contributed by atoms with Gasteiger partial charge in [-0.15, -0.1) is 0 Å². The van der Waals surface area contributed by atoms with Gasteiger partial charge < -0.3 is 19.9 Å². The van der Waals surface area contributed by atoms with Crippen LogP contribution in [0.3, 0.4) is 0 Å². The number of carbonyl (C=O) groups excluding carboxylic acids is 1. The molecule has 0 radical (unpaired) electrons. The maximum absolute atomic E-state index is 11.9. The lowest BCUT2D eigenvalue weighted by Crippen LogP contribution is -2.25. The summed E-state index contributed by atoms with van der Waals surface area (Å²) in [5.41, 5.74) is 0.523. The first-order chi connectivity index (χ1) is 9.72. The summed E-state index contributed by atoms with van der Waals surface area (Å²) in [6.45, 7) is 5.56. The molecule has 5 heteroatoms. The largest absolute Gasteiger partial charge is 0.490 e. The first-order valence-electron chi connectivity index (χ1n) is 7.01. The number of aliphatic hydroxyl groups excluding tert-OH is 1. The molecule has 112 valence electrons. The molecule has 0 fully saturated rings. The maximum atomic E-state index is 11.9. The van der Waals surface area contributed by atoms with E-state index in [9.17, 15) is 4.79 Å². The Hall–Kier alpha value is -1.75. The Balaban J connectivity index is 2.77. The first-order valence-corrected chi connectivity index (χ1v) is 7.01. The smallest absolute Gasteiger partial charge is 0.251 e. The second kappa shape index (κ2) is 9.20. The van der Waals surface area contributed by atoms with Crippen molar-refractivity contribution >= 4 is 5.91 Å². The average molecular weight is 281 g/mol. The lowest BCUT2D eigenvalue weighted by molar-refractivity contribution is 0.0950. The molecule has 0 aromatic heterocycles. The molecule has 0 aliphatic heterocycles. The van der Waals surface area contributed by atoms with Crippen molar-refractivity contribution in [3.8, 4) is 11.5 Å². The Morgan fingerprint density at radius 2 is 2.05 bits per heavy atom. The van der Waals surface area contributed by atoms with Gasteiger partial charge in [-0.2, -0.15) is 0 Å². The molecule has 0 atom stereocenters. The summed E-state index contributed by atoms with van der Waals surface area (Å²) >= 11 is 0. The summed E-state index contributed by atoms with van der Waals surface area (Å²) in [6.07, 6.45) is 1.46. The fourth-order valence-electron chi connectivity index (χ4n) is 1.63. The zero-order chi connectivity index (χ0) is 14.8. The van der Waals surface area contributed by atoms with Crippen LogP contribution >= 0.6 is 0 Å². The van der Waals surface area contributed by atoms with Crippen LogP contribution in [-0.4, -0.2) is 37.4 Å². The molecule has 5 nitrogen and oxygen atoms in total. The van der Waals surface area contributed by atoms with Crippen LogP contribution in [-0.2, 0) is 0 Å². The van der Waals surface area contributed by atoms with Crippen LogP contribution in [0.4, 0.5) is 0 Å². The highest BCUT2D eigenvalue weighted by atomic mass is 16.5. The van der Waals surface area contributed by atoms with Gasteiger partial charge in [0, 0.05) is 18.7 Å². The molecule has 1 aromatic rings. The van der Waals surface area contributed by atoms with Gasteiger partial charge in [0.05, 0.1) is 13.2 Å². The van der Waals surface area contributed by atoms with Gasteiger partial charge in [0.2, 0.25) is 0 Å². The summed E-state index contributed by atoms with van der Waals surface area (Å²) in [7, 11) is 0. The van der Waals surface area contributed by atoms with Gasteiger partial charge in [-0.25, -0.2) is 0 Å². The normalized spacial score (nSPS) is 10.2. The third-order valence-electron chi connectivity index (χ3n) is 2.59. The maximum Gasteiger partial charge on any atom is 0.251 e. The minimum atomic E-state index is -0.179. The van der Waals surface area contributed by atoms with Crippen LogP contribution in [0.5, 0.6) is 11.5 Å². The van der Waals surface area contributed by atoms with E-state index in [0.29, 0.717) is 43.2 Å². The van der Waals surface area contributed by atoms with Crippen LogP contribution < -0.4 is 14.8 Å². The van der Waals surface area contributed by atoms with Crippen molar-refractivity contribution in [2.45, 2.75) is 26.7 Å². The molecule has 0 unspecified atom stereocenters. The standard InChI is InChI=1S/C15H23NO4/c1-3-10-20-13-7-6-12(11-14(13)19-4-2)15(18)16-8-5-9-17/h6-7,11,17H,3-5,8-10H2,1-2H3,(H,16,18). The SMILES string of the molecule is CCCOc1ccc(C(=O)NCCCO)cc1OCC. The zero-order valence-electron chi connectivity index (χ0n) is 12.1. The highest BCUT2D eigenvalue weighted by molar-refractivity contribution is 5.94. The average Bonchev–Trinajstić information content (AvgIpc) is 2.46. The lowest BCUT2D eigenvalue weighted by Gasteiger charge is -2.13. The predicted molar refractivity (Wildman–Crippen MR) is 77.4 cm³/mol. The third kappa shape index (κ3) is 5.09. The van der Waals surface area contributed by atoms with E-state index >= 15 is 0 Å². The third-order valence-corrected chi connectivity index (χ3v) is 2.59. The highest BCUT2D eigenvalue weighted by Gasteiger charge is 2.11. The minimum Gasteiger partial charge on any atom is -0.490 e. The van der Waals surface area contributed by atoms with Crippen LogP contribution in [0.2, 0.25) is 0 Å². The molecule has 20 heavy (non-hydrogen) atoms. The molecule has 0 aliphatic carbocycles. The van der Waals surface area contributed by atoms with E-state index in [4.69, 9.17) is 14.6 Å². The van der Waals surface area contributed by atoms with Crippen LogP contribution in [0.1, 0.15) is 37.0 Å². The number of carbonyl (C=O) groups is 1. The molecule has 0 spiro atoms. The molecule has 2 N–H and O–H groups in total. The van der Waals surface area contributed by atoms with Gasteiger partial charge in [0.1, 0.15) is 0 Å². The summed E-state index contributed by atoms with van der Waals surface area (Å²) in [5, 5.41) is 11.4. The molecule has 1 amide bonds. The number of aliphatic hydroxyl groups is 1. The van der Waals surface area contributed by atoms with Gasteiger partial charge >= 0.3 is 0 Å². The van der Waals surface area contributed by atoms with E-state index in [1.165, 1.54) is 0 Å². The molecule has 1 aromatic carbocycles. The molecule has 0 saturated heterocycles. The topological polar surface area (TPSA) is 67.8 Å². The van der Waals surface area contributed by atoms with Crippen molar-refractivity contribution in [2.75, 3.05) is 26.4 Å². The lowest BCUT2D eigenvalue weighted by atomic mass is 10.2. The summed E-state index contributed by atoms with van der Waals surface area (Å²) in [6, 6.07) is 5.15. The predicted octanol–water partition coefficient (Wildman–Crippen LogP) is 1.99. The van der Waals surface area contributed by atoms with E-state index in [1.807, 2.05) is 13.8 Å². The summed E-state index contributed by atoms with van der Waals surface area (Å²) < 4.78 is 11.1. The molecule has 0 aliphatic rings. The van der Waals surface area contributed by atoms with Crippen molar-refractivity contribution < 1.29 is 19.4 Å². The van der Waals surface area contributed by atoms with Gasteiger partial charge in [-0.3, -0.25) is 4.79 Å². The van der Waals surface area contributed by atoms with E-state index in [2.05, 4.69) is 5.32 Å². The van der Waals surface area contributed by atoms with Gasteiger partial charge in [0.25, 0.3) is 5.91 Å². The number of benzene rings is 1. The fourth-order valence-corrected chi connectivity index (χ4v) is 1.63. The Morgan fingerprint density at radius 1 is 1.25 bits per heavy atom. The Bertz CT molecular complexity index is 420. The molecule has 0 bridgehead atoms. The quantitative estimate of drug-likeness (QED) is 0.679. The second-order valence-corrected chi connectivity index (χ2v) is 4.28. The molecule has 1 rings (SSSR count). The van der Waals surface area contributed by atoms with Crippen molar-refractivity contribution in [1.29, 1.82) is 0 Å². The van der Waals surface area contributed by atoms with Crippen molar-refractivity contribution in [2.24, 2.45) is 0 Å². The van der Waals surface area contributed by atoms with Crippen molar-refractivity contribution in [1.82, 2.24) is 5.32 Å². The van der Waals surface area contributed by atoms with E-state index < -0.39 is 0 Å². The fraction of sp³-hybridized carbons (Fsp3) is 0.533. The Morgan fingerprint density at radius 3 is 2.70 bits per heavy atom. The van der Waals surface area contributed by atoms with Gasteiger partial charge in [-0.05, 0) is 38.0 Å². The number of hydrogen-bond acceptors (Lipinski definition) is 4. The Labute approximate surface area is 119 Å². The molecular weight excluding hydrogens is 258 g/mol. The van der Waals surface area contributed by atoms with Gasteiger partial charge in [-0.1, -0.05) is 6.92 Å². The highest BCUT2D eigenvalue weighted by Crippen LogP contribution is 2.28. The number of hydrogen-bond donors (Lipinski definition) is 2. The van der Waals surface area contributed by atoms with E-state index in [1.54, 1.807) is 18.2 Å². The van der Waals surface area contributed by atoms with E-state index in [0.717, 1.165) is 6.42 Å². The van der Waals surface area contributed by atoms with Crippen molar-refractivity contribution in [3.63, 3.8) is 0 Å². The van der Waals surface area contributed by atoms with Crippen LogP contribution in [0.15, 0.2) is 18.2 Å². The second-order valence-electron chi connectivity index (χ2n) is 4.28. The molecule has 0 heterocycles. The molecular formula is C15H23NO4.